The van der Waals surface area contributed by atoms with Gasteiger partial charge in [-0.25, -0.2) is 4.79 Å². The predicted octanol–water partition coefficient (Wildman–Crippen LogP) is 2.92. The number of nitrogens with two attached hydrogens (primary N) is 1. The van der Waals surface area contributed by atoms with Crippen LogP contribution in [0.25, 0.3) is 0 Å². The molecule has 1 aromatic rings. The first-order chi connectivity index (χ1) is 11.5. The summed E-state index contributed by atoms with van der Waals surface area (Å²) in [6.45, 7) is 12.3. The minimum atomic E-state index is -0.228. The number of ether oxygens (including phenoxy) is 1. The average molecular weight is 336 g/mol. The zero-order chi connectivity index (χ0) is 17.9. The molecule has 4 nitrogen and oxygen atoms in total. The minimum absolute atomic E-state index is 0.228. The van der Waals surface area contributed by atoms with Crippen molar-refractivity contribution in [1.82, 2.24) is 0 Å². The third-order valence-electron chi connectivity index (χ3n) is 4.43. The third-order valence-corrected chi connectivity index (χ3v) is 4.43. The Hall–Kier alpha value is -1.55. The first kappa shape index (κ1) is 20.5. The van der Waals surface area contributed by atoms with Crippen LogP contribution in [0.2, 0.25) is 0 Å². The number of hydrogen-bond donors (Lipinski definition) is 2. The maximum absolute atomic E-state index is 12.3. The lowest BCUT2D eigenvalue weighted by Gasteiger charge is -2.19. The number of esters is 1. The maximum atomic E-state index is 12.3. The largest absolute Gasteiger partial charge is 0.462 e. The number of hydrogen-bond acceptors (Lipinski definition) is 3. The number of carbonyl (C=O) groups is 1. The highest BCUT2D eigenvalue weighted by molar-refractivity contribution is 5.93. The smallest absolute Gasteiger partial charge is 0.338 e. The molecule has 136 valence electrons. The Balaban J connectivity index is 2.44. The number of unbranched alkanes of at least 4 members (excludes halogenated alkanes) is 2. The molecule has 0 saturated heterocycles. The summed E-state index contributed by atoms with van der Waals surface area (Å²) < 4.78 is 5.50. The van der Waals surface area contributed by atoms with Crippen molar-refractivity contribution in [3.63, 3.8) is 0 Å². The Morgan fingerprint density at radius 3 is 2.00 bits per heavy atom. The monoisotopic (exact) mass is 335 g/mol. The highest BCUT2D eigenvalue weighted by atomic mass is 16.5. The molecule has 0 radical (unpaired) electrons. The normalized spacial score (nSPS) is 11.0. The van der Waals surface area contributed by atoms with Crippen LogP contribution in [0.5, 0.6) is 0 Å². The van der Waals surface area contributed by atoms with E-state index >= 15 is 0 Å². The van der Waals surface area contributed by atoms with E-state index < -0.39 is 0 Å². The Bertz CT molecular complexity index is 483. The molecule has 1 rings (SSSR count). The van der Waals surface area contributed by atoms with Crippen molar-refractivity contribution in [1.29, 1.82) is 0 Å². The summed E-state index contributed by atoms with van der Waals surface area (Å²) in [6.07, 6.45) is 5.92. The number of nitrogen functional groups attached to an aromatic ring is 1. The minimum Gasteiger partial charge on any atom is -0.462 e. The zero-order valence-corrected chi connectivity index (χ0v) is 15.9. The Kier molecular flexibility index (Phi) is 9.46. The van der Waals surface area contributed by atoms with E-state index in [0.29, 0.717) is 17.9 Å². The van der Waals surface area contributed by atoms with E-state index in [4.69, 9.17) is 10.5 Å². The van der Waals surface area contributed by atoms with E-state index in [0.717, 1.165) is 24.1 Å². The lowest BCUT2D eigenvalue weighted by atomic mass is 10.0. The Labute approximate surface area is 147 Å². The van der Waals surface area contributed by atoms with E-state index in [9.17, 15) is 4.79 Å². The van der Waals surface area contributed by atoms with Crippen LogP contribution >= 0.6 is 0 Å². The molecule has 0 bridgehead atoms. The molecule has 0 unspecified atom stereocenters. The topological polar surface area (TPSA) is 56.8 Å². The van der Waals surface area contributed by atoms with Gasteiger partial charge in [0.1, 0.15) is 0 Å². The number of aryl methyl sites for hydroxylation is 2. The molecule has 4 heteroatoms. The van der Waals surface area contributed by atoms with Gasteiger partial charge in [-0.1, -0.05) is 26.7 Å². The van der Waals surface area contributed by atoms with Crippen molar-refractivity contribution in [3.8, 4) is 0 Å². The average Bonchev–Trinajstić information content (AvgIpc) is 2.52. The summed E-state index contributed by atoms with van der Waals surface area (Å²) in [5, 5.41) is 0. The van der Waals surface area contributed by atoms with Crippen LogP contribution in [0.3, 0.4) is 0 Å². The second-order valence-electron chi connectivity index (χ2n) is 6.73. The molecule has 0 saturated carbocycles. The van der Waals surface area contributed by atoms with Gasteiger partial charge in [-0.3, -0.25) is 0 Å². The molecule has 0 aromatic heterocycles. The summed E-state index contributed by atoms with van der Waals surface area (Å²) >= 11 is 0. The van der Waals surface area contributed by atoms with E-state index in [2.05, 4.69) is 13.8 Å². The Morgan fingerprint density at radius 1 is 1.00 bits per heavy atom. The van der Waals surface area contributed by atoms with Gasteiger partial charge in [-0.05, 0) is 49.9 Å². The van der Waals surface area contributed by atoms with Gasteiger partial charge in [-0.15, -0.1) is 0 Å². The third kappa shape index (κ3) is 6.91. The summed E-state index contributed by atoms with van der Waals surface area (Å²) in [4.78, 5) is 14.0. The second-order valence-corrected chi connectivity index (χ2v) is 6.73. The molecule has 0 fully saturated rings. The van der Waals surface area contributed by atoms with Gasteiger partial charge in [0, 0.05) is 12.1 Å². The lowest BCUT2D eigenvalue weighted by Crippen LogP contribution is -3.12. The Morgan fingerprint density at radius 2 is 1.50 bits per heavy atom. The van der Waals surface area contributed by atoms with Crippen molar-refractivity contribution in [2.45, 2.75) is 59.8 Å². The van der Waals surface area contributed by atoms with E-state index in [1.54, 1.807) is 4.90 Å². The quantitative estimate of drug-likeness (QED) is 0.371. The fraction of sp³-hybridized carbons (Fsp3) is 0.650. The molecular weight excluding hydrogens is 300 g/mol. The highest BCUT2D eigenvalue weighted by Crippen LogP contribution is 2.19. The highest BCUT2D eigenvalue weighted by Gasteiger charge is 2.15. The molecule has 1 aromatic carbocycles. The summed E-state index contributed by atoms with van der Waals surface area (Å²) in [5.74, 6) is -0.228. The molecule has 0 heterocycles. The van der Waals surface area contributed by atoms with Crippen molar-refractivity contribution >= 4 is 11.7 Å². The van der Waals surface area contributed by atoms with Gasteiger partial charge in [0.2, 0.25) is 0 Å². The van der Waals surface area contributed by atoms with Crippen LogP contribution < -0.4 is 10.6 Å². The van der Waals surface area contributed by atoms with Crippen molar-refractivity contribution in [3.05, 3.63) is 28.8 Å². The van der Waals surface area contributed by atoms with Crippen molar-refractivity contribution in [2.75, 3.05) is 32.0 Å². The van der Waals surface area contributed by atoms with E-state index in [1.807, 2.05) is 26.0 Å². The van der Waals surface area contributed by atoms with E-state index in [-0.39, 0.29) is 5.97 Å². The summed E-state index contributed by atoms with van der Waals surface area (Å²) in [5.41, 5.74) is 8.92. The summed E-state index contributed by atoms with van der Waals surface area (Å²) in [7, 11) is 0. The van der Waals surface area contributed by atoms with Crippen molar-refractivity contribution < 1.29 is 14.4 Å². The van der Waals surface area contributed by atoms with Gasteiger partial charge >= 0.3 is 5.97 Å². The van der Waals surface area contributed by atoms with Crippen molar-refractivity contribution in [2.24, 2.45) is 0 Å². The molecule has 0 spiro atoms. The molecule has 3 N–H and O–H groups in total. The second kappa shape index (κ2) is 11.1. The van der Waals surface area contributed by atoms with Gasteiger partial charge < -0.3 is 15.4 Å². The number of benzene rings is 1. The standard InChI is InChI=1S/C20H34N2O2/c1-5-7-10-22(11-8-6-2)12-9-13-24-20(23)19-16(3)14-18(21)15-17(19)4/h14-15H,5-13,21H2,1-4H3/p+1. The van der Waals surface area contributed by atoms with Crippen LogP contribution in [-0.2, 0) is 4.74 Å². The molecular formula is C20H35N2O2+. The maximum Gasteiger partial charge on any atom is 0.338 e. The fourth-order valence-corrected chi connectivity index (χ4v) is 3.11. The predicted molar refractivity (Wildman–Crippen MR) is 101 cm³/mol. The SMILES string of the molecule is CCCC[NH+](CCCC)CCCOC(=O)c1c(C)cc(N)cc1C. The van der Waals surface area contributed by atoms with E-state index in [1.165, 1.54) is 38.8 Å². The van der Waals surface area contributed by atoms with Gasteiger partial charge in [-0.2, -0.15) is 0 Å². The number of carbonyl (C=O) groups excluding carboxylic acids is 1. The molecule has 0 aliphatic rings. The lowest BCUT2D eigenvalue weighted by molar-refractivity contribution is -0.900. The molecule has 0 aliphatic heterocycles. The van der Waals surface area contributed by atoms with Gasteiger partial charge in [0.05, 0.1) is 31.8 Å². The summed E-state index contributed by atoms with van der Waals surface area (Å²) in [6, 6.07) is 3.65. The first-order valence-corrected chi connectivity index (χ1v) is 9.37. The zero-order valence-electron chi connectivity index (χ0n) is 15.9. The van der Waals surface area contributed by atoms with Gasteiger partial charge in [0.15, 0.2) is 0 Å². The van der Waals surface area contributed by atoms with Crippen LogP contribution in [0.15, 0.2) is 12.1 Å². The van der Waals surface area contributed by atoms with Gasteiger partial charge in [0.25, 0.3) is 0 Å². The number of quaternary nitrogens is 1. The molecule has 0 amide bonds. The fourth-order valence-electron chi connectivity index (χ4n) is 3.11. The molecule has 0 atom stereocenters. The number of rotatable bonds is 11. The number of nitrogens with one attached hydrogen (secondary N) is 1. The van der Waals surface area contributed by atoms with Crippen LogP contribution in [0, 0.1) is 13.8 Å². The van der Waals surface area contributed by atoms with Crippen LogP contribution in [0.1, 0.15) is 67.4 Å². The molecule has 0 aliphatic carbocycles. The number of anilines is 1. The molecule has 24 heavy (non-hydrogen) atoms. The van der Waals surface area contributed by atoms with Crippen LogP contribution in [-0.4, -0.2) is 32.2 Å². The first-order valence-electron chi connectivity index (χ1n) is 9.37. The van der Waals surface area contributed by atoms with Crippen LogP contribution in [0.4, 0.5) is 5.69 Å².